The second kappa shape index (κ2) is 6.56. The van der Waals surface area contributed by atoms with E-state index in [1.807, 2.05) is 6.07 Å². The Balaban J connectivity index is 1.73. The lowest BCUT2D eigenvalue weighted by atomic mass is 9.90. The zero-order valence-electron chi connectivity index (χ0n) is 14.4. The van der Waals surface area contributed by atoms with E-state index in [2.05, 4.69) is 0 Å². The van der Waals surface area contributed by atoms with Crippen LogP contribution in [0.3, 0.4) is 0 Å². The van der Waals surface area contributed by atoms with Gasteiger partial charge < -0.3 is 9.15 Å². The maximum atomic E-state index is 13.8. The molecule has 3 nitrogen and oxygen atoms in total. The van der Waals surface area contributed by atoms with Crippen LogP contribution in [0, 0.1) is 18.6 Å². The van der Waals surface area contributed by atoms with Crippen LogP contribution in [-0.2, 0) is 19.4 Å². The SMILES string of the molecule is Cc1c(OCc2c(F)cccc2F)ccc2c3c(c(=O)oc12)CCCC3. The van der Waals surface area contributed by atoms with Gasteiger partial charge in [-0.1, -0.05) is 6.07 Å². The molecule has 4 rings (SSSR count). The van der Waals surface area contributed by atoms with Crippen molar-refractivity contribution in [3.05, 3.63) is 74.6 Å². The molecular weight excluding hydrogens is 338 g/mol. The molecule has 0 saturated carbocycles. The van der Waals surface area contributed by atoms with Gasteiger partial charge in [-0.3, -0.25) is 0 Å². The predicted molar refractivity (Wildman–Crippen MR) is 94.6 cm³/mol. The van der Waals surface area contributed by atoms with E-state index in [0.717, 1.165) is 42.2 Å². The van der Waals surface area contributed by atoms with Crippen LogP contribution in [0.2, 0.25) is 0 Å². The Bertz CT molecular complexity index is 1030. The monoisotopic (exact) mass is 356 g/mol. The molecule has 0 unspecified atom stereocenters. The molecule has 0 saturated heterocycles. The van der Waals surface area contributed by atoms with Gasteiger partial charge >= 0.3 is 5.63 Å². The number of halogens is 2. The second-order valence-corrected chi connectivity index (χ2v) is 6.61. The van der Waals surface area contributed by atoms with Crippen molar-refractivity contribution >= 4 is 11.0 Å². The number of benzene rings is 2. The molecular formula is C21H18F2O3. The third-order valence-electron chi connectivity index (χ3n) is 5.02. The van der Waals surface area contributed by atoms with Crippen molar-refractivity contribution < 1.29 is 17.9 Å². The van der Waals surface area contributed by atoms with E-state index in [1.165, 1.54) is 18.2 Å². The molecule has 0 atom stereocenters. The summed E-state index contributed by atoms with van der Waals surface area (Å²) in [6.07, 6.45) is 3.65. The topological polar surface area (TPSA) is 39.4 Å². The molecule has 0 spiro atoms. The van der Waals surface area contributed by atoms with Crippen LogP contribution < -0.4 is 10.4 Å². The molecule has 0 aliphatic heterocycles. The molecule has 1 aliphatic rings. The third-order valence-corrected chi connectivity index (χ3v) is 5.02. The minimum absolute atomic E-state index is 0.126. The fourth-order valence-electron chi connectivity index (χ4n) is 3.60. The van der Waals surface area contributed by atoms with Crippen molar-refractivity contribution in [2.45, 2.75) is 39.2 Å². The number of rotatable bonds is 3. The van der Waals surface area contributed by atoms with Crippen molar-refractivity contribution in [2.24, 2.45) is 0 Å². The van der Waals surface area contributed by atoms with Gasteiger partial charge in [0.2, 0.25) is 0 Å². The molecule has 3 aromatic rings. The quantitative estimate of drug-likeness (QED) is 0.631. The second-order valence-electron chi connectivity index (χ2n) is 6.61. The molecule has 0 bridgehead atoms. The summed E-state index contributed by atoms with van der Waals surface area (Å²) in [5.41, 5.74) is 2.54. The van der Waals surface area contributed by atoms with E-state index < -0.39 is 11.6 Å². The minimum atomic E-state index is -0.649. The van der Waals surface area contributed by atoms with Crippen LogP contribution in [0.4, 0.5) is 8.78 Å². The fraction of sp³-hybridized carbons (Fsp3) is 0.286. The Labute approximate surface area is 149 Å². The zero-order valence-corrected chi connectivity index (χ0v) is 14.4. The number of hydrogen-bond donors (Lipinski definition) is 0. The lowest BCUT2D eigenvalue weighted by molar-refractivity contribution is 0.290. The summed E-state index contributed by atoms with van der Waals surface area (Å²) in [5.74, 6) is -0.854. The molecule has 0 N–H and O–H groups in total. The summed E-state index contributed by atoms with van der Waals surface area (Å²) in [4.78, 5) is 12.3. The lowest BCUT2D eigenvalue weighted by Gasteiger charge is -2.18. The maximum Gasteiger partial charge on any atom is 0.339 e. The van der Waals surface area contributed by atoms with Crippen LogP contribution >= 0.6 is 0 Å². The summed E-state index contributed by atoms with van der Waals surface area (Å²) in [6.45, 7) is 1.55. The van der Waals surface area contributed by atoms with E-state index in [0.29, 0.717) is 16.9 Å². The minimum Gasteiger partial charge on any atom is -0.488 e. The normalized spacial score (nSPS) is 13.7. The molecule has 134 valence electrons. The average molecular weight is 356 g/mol. The van der Waals surface area contributed by atoms with Crippen molar-refractivity contribution in [1.29, 1.82) is 0 Å². The number of ether oxygens (including phenoxy) is 1. The molecule has 1 heterocycles. The van der Waals surface area contributed by atoms with E-state index in [9.17, 15) is 13.6 Å². The maximum absolute atomic E-state index is 13.8. The van der Waals surface area contributed by atoms with Crippen LogP contribution in [-0.4, -0.2) is 0 Å². The Hall–Kier alpha value is -2.69. The van der Waals surface area contributed by atoms with E-state index in [1.54, 1.807) is 13.0 Å². The summed E-state index contributed by atoms with van der Waals surface area (Å²) in [7, 11) is 0. The smallest absolute Gasteiger partial charge is 0.339 e. The van der Waals surface area contributed by atoms with E-state index >= 15 is 0 Å². The largest absolute Gasteiger partial charge is 0.488 e. The van der Waals surface area contributed by atoms with Gasteiger partial charge in [0.15, 0.2) is 0 Å². The highest BCUT2D eigenvalue weighted by molar-refractivity contribution is 5.86. The van der Waals surface area contributed by atoms with Gasteiger partial charge in [0.05, 0.1) is 5.56 Å². The van der Waals surface area contributed by atoms with Crippen LogP contribution in [0.15, 0.2) is 39.5 Å². The Morgan fingerprint density at radius 2 is 1.73 bits per heavy atom. The molecule has 2 aromatic carbocycles. The van der Waals surface area contributed by atoms with Gasteiger partial charge in [-0.2, -0.15) is 0 Å². The first-order valence-corrected chi connectivity index (χ1v) is 8.70. The van der Waals surface area contributed by atoms with Crippen molar-refractivity contribution in [3.63, 3.8) is 0 Å². The lowest BCUT2D eigenvalue weighted by Crippen LogP contribution is -2.16. The molecule has 1 aliphatic carbocycles. The highest BCUT2D eigenvalue weighted by Crippen LogP contribution is 2.33. The van der Waals surface area contributed by atoms with Crippen LogP contribution in [0.1, 0.15) is 35.1 Å². The standard InChI is InChI=1S/C21H18F2O3/c1-12-19(25-11-16-17(22)7-4-8-18(16)23)10-9-14-13-5-2-3-6-15(13)21(24)26-20(12)14/h4,7-10H,2-3,5-6,11H2,1H3. The highest BCUT2D eigenvalue weighted by Gasteiger charge is 2.20. The molecule has 1 aromatic heterocycles. The highest BCUT2D eigenvalue weighted by atomic mass is 19.1. The summed E-state index contributed by atoms with van der Waals surface area (Å²) in [5, 5.41) is 0.918. The van der Waals surface area contributed by atoms with Gasteiger partial charge in [0.25, 0.3) is 0 Å². The average Bonchev–Trinajstić information content (AvgIpc) is 2.64. The van der Waals surface area contributed by atoms with Gasteiger partial charge in [0, 0.05) is 16.5 Å². The zero-order chi connectivity index (χ0) is 18.3. The Morgan fingerprint density at radius 1 is 1.04 bits per heavy atom. The number of aryl methyl sites for hydroxylation is 2. The van der Waals surface area contributed by atoms with Gasteiger partial charge in [0.1, 0.15) is 29.6 Å². The molecule has 0 amide bonds. The summed E-state index contributed by atoms with van der Waals surface area (Å²) in [6, 6.07) is 7.34. The summed E-state index contributed by atoms with van der Waals surface area (Å²) >= 11 is 0. The van der Waals surface area contributed by atoms with Crippen molar-refractivity contribution in [2.75, 3.05) is 0 Å². The van der Waals surface area contributed by atoms with Gasteiger partial charge in [-0.25, -0.2) is 13.6 Å². The molecule has 26 heavy (non-hydrogen) atoms. The number of fused-ring (bicyclic) bond motifs is 3. The molecule has 5 heteroatoms. The van der Waals surface area contributed by atoms with Crippen LogP contribution in [0.5, 0.6) is 5.75 Å². The first kappa shape index (κ1) is 16.8. The Morgan fingerprint density at radius 3 is 2.46 bits per heavy atom. The van der Waals surface area contributed by atoms with Crippen molar-refractivity contribution in [3.8, 4) is 5.75 Å². The van der Waals surface area contributed by atoms with Gasteiger partial charge in [-0.05, 0) is 62.4 Å². The predicted octanol–water partition coefficient (Wildman–Crippen LogP) is 4.84. The first-order chi connectivity index (χ1) is 12.6. The summed E-state index contributed by atoms with van der Waals surface area (Å²) < 4.78 is 38.7. The van der Waals surface area contributed by atoms with Crippen LogP contribution in [0.25, 0.3) is 11.0 Å². The first-order valence-electron chi connectivity index (χ1n) is 8.70. The van der Waals surface area contributed by atoms with Crippen molar-refractivity contribution in [1.82, 2.24) is 0 Å². The number of hydrogen-bond acceptors (Lipinski definition) is 3. The van der Waals surface area contributed by atoms with Gasteiger partial charge in [-0.15, -0.1) is 0 Å². The third kappa shape index (κ3) is 2.77. The van der Waals surface area contributed by atoms with E-state index in [4.69, 9.17) is 9.15 Å². The molecule has 0 radical (unpaired) electrons. The molecule has 0 fully saturated rings. The fourth-order valence-corrected chi connectivity index (χ4v) is 3.60. The Kier molecular flexibility index (Phi) is 4.23. The van der Waals surface area contributed by atoms with E-state index in [-0.39, 0.29) is 17.8 Å².